The van der Waals surface area contributed by atoms with Crippen LogP contribution >= 0.6 is 0 Å². The van der Waals surface area contributed by atoms with Crippen LogP contribution < -0.4 is 9.46 Å². The first-order chi connectivity index (χ1) is 13.5. The van der Waals surface area contributed by atoms with Crippen molar-refractivity contribution in [1.82, 2.24) is 19.9 Å². The Balaban J connectivity index is 1.53. The maximum atomic E-state index is 12.9. The van der Waals surface area contributed by atoms with Crippen molar-refractivity contribution < 1.29 is 17.5 Å². The number of sulfonamides is 1. The van der Waals surface area contributed by atoms with Crippen LogP contribution in [0.2, 0.25) is 0 Å². The van der Waals surface area contributed by atoms with Crippen LogP contribution in [-0.2, 0) is 22.9 Å². The lowest BCUT2D eigenvalue weighted by Gasteiger charge is -2.07. The van der Waals surface area contributed by atoms with Crippen molar-refractivity contribution in [3.63, 3.8) is 0 Å². The van der Waals surface area contributed by atoms with Crippen LogP contribution in [0, 0.1) is 5.82 Å². The molecule has 3 aromatic rings. The van der Waals surface area contributed by atoms with Gasteiger partial charge in [0.1, 0.15) is 17.4 Å². The SMILES string of the molecule is CCOc1ccc(S(=O)(=O)NCCc2n[nH]c(Cc3ccc(F)cc3)n2)cc1. The maximum Gasteiger partial charge on any atom is 0.240 e. The van der Waals surface area contributed by atoms with E-state index in [1.54, 1.807) is 24.3 Å². The third kappa shape index (κ3) is 5.37. The summed E-state index contributed by atoms with van der Waals surface area (Å²) < 4.78 is 45.5. The van der Waals surface area contributed by atoms with E-state index in [4.69, 9.17) is 4.74 Å². The van der Waals surface area contributed by atoms with Gasteiger partial charge >= 0.3 is 0 Å². The summed E-state index contributed by atoms with van der Waals surface area (Å²) in [5, 5.41) is 6.91. The van der Waals surface area contributed by atoms with Gasteiger partial charge in [-0.2, -0.15) is 5.10 Å². The van der Waals surface area contributed by atoms with Crippen LogP contribution in [-0.4, -0.2) is 36.8 Å². The van der Waals surface area contributed by atoms with Gasteiger partial charge in [0.2, 0.25) is 10.0 Å². The predicted octanol–water partition coefficient (Wildman–Crippen LogP) is 2.45. The fourth-order valence-electron chi connectivity index (χ4n) is 2.58. The van der Waals surface area contributed by atoms with E-state index in [0.717, 1.165) is 5.56 Å². The Morgan fingerprint density at radius 3 is 2.50 bits per heavy atom. The zero-order valence-corrected chi connectivity index (χ0v) is 16.2. The molecule has 9 heteroatoms. The molecule has 148 valence electrons. The molecule has 0 atom stereocenters. The van der Waals surface area contributed by atoms with Crippen molar-refractivity contribution in [3.05, 3.63) is 71.6 Å². The summed E-state index contributed by atoms with van der Waals surface area (Å²) in [5.74, 6) is 1.47. The van der Waals surface area contributed by atoms with E-state index in [9.17, 15) is 12.8 Å². The van der Waals surface area contributed by atoms with Gasteiger partial charge < -0.3 is 4.74 Å². The number of benzene rings is 2. The standard InChI is InChI=1S/C19H21FN4O3S/c1-2-27-16-7-9-17(10-8-16)28(25,26)21-12-11-18-22-19(24-23-18)13-14-3-5-15(20)6-4-14/h3-10,21H,2,11-13H2,1H3,(H,22,23,24). The Bertz CT molecular complexity index is 1000. The minimum Gasteiger partial charge on any atom is -0.494 e. The summed E-state index contributed by atoms with van der Waals surface area (Å²) in [6.45, 7) is 2.55. The van der Waals surface area contributed by atoms with Crippen molar-refractivity contribution in [2.75, 3.05) is 13.2 Å². The zero-order valence-electron chi connectivity index (χ0n) is 15.4. The summed E-state index contributed by atoms with van der Waals surface area (Å²) in [5.41, 5.74) is 0.903. The first-order valence-electron chi connectivity index (χ1n) is 8.83. The molecule has 2 aromatic carbocycles. The molecule has 7 nitrogen and oxygen atoms in total. The van der Waals surface area contributed by atoms with Gasteiger partial charge in [-0.05, 0) is 48.9 Å². The molecule has 0 aliphatic carbocycles. The quantitative estimate of drug-likeness (QED) is 0.571. The van der Waals surface area contributed by atoms with Gasteiger partial charge in [-0.1, -0.05) is 12.1 Å². The van der Waals surface area contributed by atoms with Gasteiger partial charge in [-0.3, -0.25) is 5.10 Å². The Kier molecular flexibility index (Phi) is 6.37. The van der Waals surface area contributed by atoms with Crippen molar-refractivity contribution in [2.24, 2.45) is 0 Å². The molecule has 0 aliphatic rings. The van der Waals surface area contributed by atoms with Crippen LogP contribution in [0.4, 0.5) is 4.39 Å². The van der Waals surface area contributed by atoms with Gasteiger partial charge in [0, 0.05) is 19.4 Å². The first-order valence-corrected chi connectivity index (χ1v) is 10.3. The van der Waals surface area contributed by atoms with Gasteiger partial charge in [0.25, 0.3) is 0 Å². The molecular weight excluding hydrogens is 383 g/mol. The third-order valence-electron chi connectivity index (χ3n) is 3.95. The van der Waals surface area contributed by atoms with Crippen LogP contribution in [0.1, 0.15) is 24.1 Å². The van der Waals surface area contributed by atoms with Gasteiger partial charge in [-0.25, -0.2) is 22.5 Å². The second-order valence-electron chi connectivity index (χ2n) is 6.05. The van der Waals surface area contributed by atoms with E-state index in [1.807, 2.05) is 6.92 Å². The number of nitrogens with one attached hydrogen (secondary N) is 2. The molecule has 28 heavy (non-hydrogen) atoms. The molecule has 2 N–H and O–H groups in total. The van der Waals surface area contributed by atoms with Crippen molar-refractivity contribution in [2.45, 2.75) is 24.7 Å². The summed E-state index contributed by atoms with van der Waals surface area (Å²) in [6.07, 6.45) is 0.835. The van der Waals surface area contributed by atoms with E-state index >= 15 is 0 Å². The number of nitrogens with zero attached hydrogens (tertiary/aromatic N) is 2. The molecule has 0 aliphatic heterocycles. The molecule has 0 spiro atoms. The number of halogens is 1. The first kappa shape index (κ1) is 20.0. The molecule has 0 amide bonds. The number of aromatic nitrogens is 3. The minimum absolute atomic E-state index is 0.169. The highest BCUT2D eigenvalue weighted by Gasteiger charge is 2.14. The minimum atomic E-state index is -3.61. The van der Waals surface area contributed by atoms with Crippen molar-refractivity contribution in [1.29, 1.82) is 0 Å². The lowest BCUT2D eigenvalue weighted by atomic mass is 10.1. The van der Waals surface area contributed by atoms with E-state index in [0.29, 0.717) is 36.8 Å². The van der Waals surface area contributed by atoms with Crippen LogP contribution in [0.25, 0.3) is 0 Å². The van der Waals surface area contributed by atoms with Crippen molar-refractivity contribution >= 4 is 10.0 Å². The smallest absolute Gasteiger partial charge is 0.240 e. The average Bonchev–Trinajstić information content (AvgIpc) is 3.11. The molecule has 0 saturated heterocycles. The fraction of sp³-hybridized carbons (Fsp3) is 0.263. The Labute approximate surface area is 163 Å². The monoisotopic (exact) mass is 404 g/mol. The van der Waals surface area contributed by atoms with E-state index in [-0.39, 0.29) is 17.3 Å². The number of hydrogen-bond donors (Lipinski definition) is 2. The molecular formula is C19H21FN4O3S. The molecule has 1 aromatic heterocycles. The fourth-order valence-corrected chi connectivity index (χ4v) is 3.62. The lowest BCUT2D eigenvalue weighted by molar-refractivity contribution is 0.340. The van der Waals surface area contributed by atoms with Gasteiger partial charge in [0.15, 0.2) is 5.82 Å². The summed E-state index contributed by atoms with van der Waals surface area (Å²) in [7, 11) is -3.61. The Morgan fingerprint density at radius 1 is 1.11 bits per heavy atom. The van der Waals surface area contributed by atoms with Crippen LogP contribution in [0.3, 0.4) is 0 Å². The van der Waals surface area contributed by atoms with Gasteiger partial charge in [0.05, 0.1) is 11.5 Å². The Hall–Kier alpha value is -2.78. The Morgan fingerprint density at radius 2 is 1.82 bits per heavy atom. The number of aromatic amines is 1. The second-order valence-corrected chi connectivity index (χ2v) is 7.82. The largest absolute Gasteiger partial charge is 0.494 e. The molecule has 0 saturated carbocycles. The van der Waals surface area contributed by atoms with E-state index in [1.165, 1.54) is 24.3 Å². The van der Waals surface area contributed by atoms with Crippen LogP contribution in [0.15, 0.2) is 53.4 Å². The topological polar surface area (TPSA) is 97.0 Å². The van der Waals surface area contributed by atoms with Crippen LogP contribution in [0.5, 0.6) is 5.75 Å². The summed E-state index contributed by atoms with van der Waals surface area (Å²) in [6, 6.07) is 12.4. The predicted molar refractivity (Wildman–Crippen MR) is 102 cm³/mol. The van der Waals surface area contributed by atoms with E-state index in [2.05, 4.69) is 19.9 Å². The molecule has 3 rings (SSSR count). The molecule has 1 heterocycles. The average molecular weight is 404 g/mol. The third-order valence-corrected chi connectivity index (χ3v) is 5.43. The molecule has 0 unspecified atom stereocenters. The number of H-pyrrole nitrogens is 1. The highest BCUT2D eigenvalue weighted by Crippen LogP contribution is 2.15. The van der Waals surface area contributed by atoms with E-state index < -0.39 is 10.0 Å². The highest BCUT2D eigenvalue weighted by molar-refractivity contribution is 7.89. The molecule has 0 radical (unpaired) electrons. The zero-order chi connectivity index (χ0) is 20.0. The maximum absolute atomic E-state index is 12.9. The molecule has 0 fully saturated rings. The highest BCUT2D eigenvalue weighted by atomic mass is 32.2. The summed E-state index contributed by atoms with van der Waals surface area (Å²) in [4.78, 5) is 4.51. The number of hydrogen-bond acceptors (Lipinski definition) is 5. The van der Waals surface area contributed by atoms with Crippen molar-refractivity contribution in [3.8, 4) is 5.75 Å². The second kappa shape index (κ2) is 8.94. The normalized spacial score (nSPS) is 11.5. The lowest BCUT2D eigenvalue weighted by Crippen LogP contribution is -2.26. The number of ether oxygens (including phenoxy) is 1. The number of rotatable bonds is 9. The molecule has 0 bridgehead atoms. The summed E-state index contributed by atoms with van der Waals surface area (Å²) >= 11 is 0. The van der Waals surface area contributed by atoms with Gasteiger partial charge in [-0.15, -0.1) is 0 Å².